The number of carbonyl (C=O) groups excluding carboxylic acids is 2. The molecule has 3 N–H and O–H groups in total. The molecule has 30 heavy (non-hydrogen) atoms. The Kier molecular flexibility index (Phi) is 5.71. The summed E-state index contributed by atoms with van der Waals surface area (Å²) in [4.78, 5) is 25.7. The van der Waals surface area contributed by atoms with E-state index >= 15 is 0 Å². The third-order valence-corrected chi connectivity index (χ3v) is 4.75. The van der Waals surface area contributed by atoms with Crippen LogP contribution in [0.4, 0.5) is 10.5 Å². The summed E-state index contributed by atoms with van der Waals surface area (Å²) in [7, 11) is 0. The highest BCUT2D eigenvalue weighted by Gasteiger charge is 2.31. The van der Waals surface area contributed by atoms with Gasteiger partial charge in [-0.1, -0.05) is 84.9 Å². The van der Waals surface area contributed by atoms with Gasteiger partial charge in [0.25, 0.3) is 5.91 Å². The number of benzene rings is 3. The smallest absolute Gasteiger partial charge is 0.320 e. The number of carbonyl (C=O) groups is 2. The summed E-state index contributed by atoms with van der Waals surface area (Å²) in [6, 6.07) is 27.5. The molecule has 3 aromatic carbocycles. The zero-order valence-corrected chi connectivity index (χ0v) is 16.2. The first-order valence-electron chi connectivity index (χ1n) is 9.67. The molecule has 1 aliphatic rings. The normalized spacial score (nSPS) is 16.1. The third kappa shape index (κ3) is 4.47. The van der Waals surface area contributed by atoms with Crippen molar-refractivity contribution in [2.45, 2.75) is 6.04 Å². The lowest BCUT2D eigenvalue weighted by Gasteiger charge is -2.29. The second kappa shape index (κ2) is 8.92. The minimum atomic E-state index is -0.570. The number of allylic oxidation sites excluding steroid dienone is 1. The highest BCUT2D eigenvalue weighted by molar-refractivity contribution is 6.07. The summed E-state index contributed by atoms with van der Waals surface area (Å²) >= 11 is 0. The Labute approximate surface area is 175 Å². The van der Waals surface area contributed by atoms with E-state index in [1.807, 2.05) is 97.1 Å². The molecule has 0 fully saturated rings. The number of nitrogens with one attached hydrogen (secondary N) is 3. The molecule has 0 saturated heterocycles. The maximum absolute atomic E-state index is 13.3. The monoisotopic (exact) mass is 395 g/mol. The Balaban J connectivity index is 1.76. The highest BCUT2D eigenvalue weighted by atomic mass is 16.2. The zero-order valence-electron chi connectivity index (χ0n) is 16.2. The van der Waals surface area contributed by atoms with Crippen molar-refractivity contribution in [1.29, 1.82) is 0 Å². The fourth-order valence-corrected chi connectivity index (χ4v) is 3.33. The molecule has 0 aliphatic carbocycles. The van der Waals surface area contributed by atoms with Gasteiger partial charge in [0.2, 0.25) is 0 Å². The first-order chi connectivity index (χ1) is 14.7. The summed E-state index contributed by atoms with van der Waals surface area (Å²) in [6.07, 6.45) is 3.64. The summed E-state index contributed by atoms with van der Waals surface area (Å²) in [5, 5.41) is 8.59. The minimum Gasteiger partial charge on any atom is -0.327 e. The first-order valence-corrected chi connectivity index (χ1v) is 9.67. The number of amides is 3. The van der Waals surface area contributed by atoms with Crippen LogP contribution in [0.2, 0.25) is 0 Å². The van der Waals surface area contributed by atoms with E-state index in [1.54, 1.807) is 6.08 Å². The van der Waals surface area contributed by atoms with E-state index in [0.717, 1.165) is 11.1 Å². The molecule has 3 amide bonds. The Morgan fingerprint density at radius 1 is 0.800 bits per heavy atom. The number of anilines is 1. The molecule has 0 spiro atoms. The van der Waals surface area contributed by atoms with Crippen LogP contribution in [0.25, 0.3) is 6.08 Å². The number of para-hydroxylation sites is 1. The molecular formula is C25H21N3O2. The van der Waals surface area contributed by atoms with Gasteiger partial charge >= 0.3 is 6.03 Å². The van der Waals surface area contributed by atoms with Gasteiger partial charge in [-0.15, -0.1) is 0 Å². The maximum Gasteiger partial charge on any atom is 0.320 e. The molecule has 1 atom stereocenters. The van der Waals surface area contributed by atoms with E-state index in [-0.39, 0.29) is 11.9 Å². The van der Waals surface area contributed by atoms with Crippen LogP contribution in [0.15, 0.2) is 108 Å². The lowest BCUT2D eigenvalue weighted by molar-refractivity contribution is -0.113. The first kappa shape index (κ1) is 19.2. The van der Waals surface area contributed by atoms with Crippen LogP contribution in [0, 0.1) is 0 Å². The Morgan fingerprint density at radius 3 is 2.07 bits per heavy atom. The highest BCUT2D eigenvalue weighted by Crippen LogP contribution is 2.28. The van der Waals surface area contributed by atoms with Crippen LogP contribution in [-0.4, -0.2) is 11.9 Å². The predicted molar refractivity (Wildman–Crippen MR) is 118 cm³/mol. The lowest BCUT2D eigenvalue weighted by atomic mass is 9.94. The number of urea groups is 1. The van der Waals surface area contributed by atoms with Crippen molar-refractivity contribution in [3.63, 3.8) is 0 Å². The Hall–Kier alpha value is -4.12. The zero-order chi connectivity index (χ0) is 20.8. The van der Waals surface area contributed by atoms with Gasteiger partial charge < -0.3 is 16.0 Å². The van der Waals surface area contributed by atoms with Crippen molar-refractivity contribution in [3.8, 4) is 0 Å². The standard InChI is InChI=1S/C25H21N3O2/c29-24(26-20-14-8-3-9-15-20)22-21(17-16-18-10-4-1-5-11-18)27-25(30)28-23(22)19-12-6-2-7-13-19/h1-17,23H,(H,26,29)(H2,27,28,30)/b17-16+. The van der Waals surface area contributed by atoms with Gasteiger partial charge in [-0.05, 0) is 29.3 Å². The lowest BCUT2D eigenvalue weighted by Crippen LogP contribution is -2.46. The quantitative estimate of drug-likeness (QED) is 0.589. The van der Waals surface area contributed by atoms with E-state index < -0.39 is 6.04 Å². The van der Waals surface area contributed by atoms with Gasteiger partial charge in [0, 0.05) is 5.69 Å². The Morgan fingerprint density at radius 2 is 1.40 bits per heavy atom. The second-order valence-electron chi connectivity index (χ2n) is 6.83. The van der Waals surface area contributed by atoms with E-state index in [4.69, 9.17) is 0 Å². The summed E-state index contributed by atoms with van der Waals surface area (Å²) in [6.45, 7) is 0. The van der Waals surface area contributed by atoms with Crippen molar-refractivity contribution in [2.75, 3.05) is 5.32 Å². The van der Waals surface area contributed by atoms with Crippen LogP contribution >= 0.6 is 0 Å². The van der Waals surface area contributed by atoms with Crippen LogP contribution in [0.5, 0.6) is 0 Å². The van der Waals surface area contributed by atoms with Crippen molar-refractivity contribution < 1.29 is 9.59 Å². The number of hydrogen-bond acceptors (Lipinski definition) is 2. The summed E-state index contributed by atoms with van der Waals surface area (Å²) in [5.41, 5.74) is 3.39. The van der Waals surface area contributed by atoms with Gasteiger partial charge in [0.05, 0.1) is 17.3 Å². The van der Waals surface area contributed by atoms with Crippen molar-refractivity contribution in [2.24, 2.45) is 0 Å². The molecule has 0 aromatic heterocycles. The molecule has 1 heterocycles. The summed E-state index contributed by atoms with van der Waals surface area (Å²) < 4.78 is 0. The van der Waals surface area contributed by atoms with E-state index in [1.165, 1.54) is 0 Å². The predicted octanol–water partition coefficient (Wildman–Crippen LogP) is 4.65. The molecule has 4 rings (SSSR count). The fourth-order valence-electron chi connectivity index (χ4n) is 3.33. The van der Waals surface area contributed by atoms with Gasteiger partial charge in [-0.2, -0.15) is 0 Å². The van der Waals surface area contributed by atoms with Crippen LogP contribution in [0.3, 0.4) is 0 Å². The average Bonchev–Trinajstić information content (AvgIpc) is 2.79. The summed E-state index contributed by atoms with van der Waals surface area (Å²) in [5.74, 6) is -0.282. The van der Waals surface area contributed by atoms with Crippen LogP contribution in [-0.2, 0) is 4.79 Å². The molecule has 3 aromatic rings. The molecule has 1 unspecified atom stereocenters. The fraction of sp³-hybridized carbons (Fsp3) is 0.0400. The van der Waals surface area contributed by atoms with Crippen LogP contribution < -0.4 is 16.0 Å². The van der Waals surface area contributed by atoms with Gasteiger partial charge in [-0.3, -0.25) is 4.79 Å². The topological polar surface area (TPSA) is 70.2 Å². The minimum absolute atomic E-state index is 0.282. The largest absolute Gasteiger partial charge is 0.327 e. The van der Waals surface area contributed by atoms with Crippen molar-refractivity contribution in [1.82, 2.24) is 10.6 Å². The Bertz CT molecular complexity index is 1090. The van der Waals surface area contributed by atoms with Crippen molar-refractivity contribution in [3.05, 3.63) is 119 Å². The van der Waals surface area contributed by atoms with E-state index in [2.05, 4.69) is 16.0 Å². The van der Waals surface area contributed by atoms with Crippen molar-refractivity contribution >= 4 is 23.7 Å². The molecular weight excluding hydrogens is 374 g/mol. The second-order valence-corrected chi connectivity index (χ2v) is 6.83. The van der Waals surface area contributed by atoms with Gasteiger partial charge in [-0.25, -0.2) is 4.79 Å². The van der Waals surface area contributed by atoms with Gasteiger partial charge in [0.15, 0.2) is 0 Å². The third-order valence-electron chi connectivity index (χ3n) is 4.75. The molecule has 1 aliphatic heterocycles. The number of rotatable bonds is 5. The molecule has 0 bridgehead atoms. The molecule has 0 saturated carbocycles. The maximum atomic E-state index is 13.3. The molecule has 0 radical (unpaired) electrons. The van der Waals surface area contributed by atoms with Gasteiger partial charge in [0.1, 0.15) is 0 Å². The van der Waals surface area contributed by atoms with E-state index in [9.17, 15) is 9.59 Å². The molecule has 5 heteroatoms. The molecule has 5 nitrogen and oxygen atoms in total. The number of hydrogen-bond donors (Lipinski definition) is 3. The SMILES string of the molecule is O=C1NC(/C=C/c2ccccc2)=C(C(=O)Nc2ccccc2)C(c2ccccc2)N1. The average molecular weight is 395 g/mol. The molecule has 148 valence electrons. The van der Waals surface area contributed by atoms with E-state index in [0.29, 0.717) is 17.0 Å². The van der Waals surface area contributed by atoms with Crippen LogP contribution in [0.1, 0.15) is 17.2 Å².